The van der Waals surface area contributed by atoms with Crippen molar-refractivity contribution < 1.29 is 26.4 Å². The van der Waals surface area contributed by atoms with Gasteiger partial charge in [-0.25, -0.2) is 35.9 Å². The predicted octanol–water partition coefficient (Wildman–Crippen LogP) is 7.60. The molecule has 44 heavy (non-hydrogen) atoms. The number of amides is 4. The Bertz CT molecular complexity index is 1840. The second-order valence-electron chi connectivity index (χ2n) is 9.37. The number of aryl methyl sites for hydroxylation is 2. The molecule has 0 aromatic heterocycles. The number of sulfonamides is 2. The van der Waals surface area contributed by atoms with E-state index < -0.39 is 32.1 Å². The molecule has 0 aliphatic heterocycles. The fourth-order valence-corrected chi connectivity index (χ4v) is 6.56. The second kappa shape index (κ2) is 13.2. The number of rotatable bonds is 7. The Kier molecular flexibility index (Phi) is 10.0. The van der Waals surface area contributed by atoms with Crippen LogP contribution in [0, 0.1) is 13.8 Å². The first-order valence-corrected chi connectivity index (χ1v) is 16.8. The van der Waals surface area contributed by atoms with Crippen molar-refractivity contribution >= 4 is 89.9 Å². The van der Waals surface area contributed by atoms with Gasteiger partial charge in [0.05, 0.1) is 41.3 Å². The molecule has 0 bridgehead atoms. The van der Waals surface area contributed by atoms with Gasteiger partial charge in [-0.1, -0.05) is 81.8 Å². The minimum atomic E-state index is -4.16. The van der Waals surface area contributed by atoms with Gasteiger partial charge in [0.1, 0.15) is 0 Å². The van der Waals surface area contributed by atoms with E-state index in [2.05, 4.69) is 10.6 Å². The van der Waals surface area contributed by atoms with Crippen LogP contribution in [0.3, 0.4) is 0 Å². The molecule has 0 fully saturated rings. The Morgan fingerprint density at radius 1 is 0.523 bits per heavy atom. The van der Waals surface area contributed by atoms with Crippen LogP contribution in [0.5, 0.6) is 0 Å². The van der Waals surface area contributed by atoms with Gasteiger partial charge >= 0.3 is 12.1 Å². The molecule has 0 aliphatic carbocycles. The number of urea groups is 2. The zero-order chi connectivity index (χ0) is 32.4. The van der Waals surface area contributed by atoms with Crippen molar-refractivity contribution in [1.82, 2.24) is 9.44 Å². The molecule has 4 aromatic carbocycles. The topological polar surface area (TPSA) is 151 Å². The quantitative estimate of drug-likeness (QED) is 0.155. The molecule has 4 rings (SSSR count). The highest BCUT2D eigenvalue weighted by Crippen LogP contribution is 2.41. The van der Waals surface area contributed by atoms with Gasteiger partial charge in [-0.15, -0.1) is 0 Å². The van der Waals surface area contributed by atoms with E-state index in [1.165, 1.54) is 48.5 Å². The Morgan fingerprint density at radius 2 is 0.841 bits per heavy atom. The molecule has 0 atom stereocenters. The first kappa shape index (κ1) is 33.4. The predicted molar refractivity (Wildman–Crippen MR) is 173 cm³/mol. The molecule has 0 saturated carbocycles. The average Bonchev–Trinajstić information content (AvgIpc) is 2.92. The molecule has 0 radical (unpaired) electrons. The SMILES string of the molecule is Cc1ccc(S(=O)(=O)NC(=O)Nc2cc(Cl)c(-c3cc(Cl)c(NC(=O)NS(=O)(=O)c4ccc(C)cc4)cc3Cl)cc2Cl)cc1. The number of benzene rings is 4. The third kappa shape index (κ3) is 7.95. The lowest BCUT2D eigenvalue weighted by atomic mass is 10.0. The summed E-state index contributed by atoms with van der Waals surface area (Å²) in [5, 5.41) is 4.80. The van der Waals surface area contributed by atoms with Crippen molar-refractivity contribution in [2.75, 3.05) is 10.6 Å². The van der Waals surface area contributed by atoms with Crippen molar-refractivity contribution in [2.24, 2.45) is 0 Å². The van der Waals surface area contributed by atoms with E-state index in [0.717, 1.165) is 11.1 Å². The third-order valence-electron chi connectivity index (χ3n) is 6.02. The number of anilines is 2. The zero-order valence-corrected chi connectivity index (χ0v) is 27.4. The molecule has 10 nitrogen and oxygen atoms in total. The van der Waals surface area contributed by atoms with Crippen molar-refractivity contribution in [3.05, 3.63) is 104 Å². The third-order valence-corrected chi connectivity index (χ3v) is 9.96. The van der Waals surface area contributed by atoms with Gasteiger partial charge in [0.2, 0.25) is 0 Å². The van der Waals surface area contributed by atoms with Gasteiger partial charge in [0.25, 0.3) is 20.0 Å². The van der Waals surface area contributed by atoms with Crippen molar-refractivity contribution in [3.63, 3.8) is 0 Å². The van der Waals surface area contributed by atoms with Crippen LogP contribution < -0.4 is 20.1 Å². The van der Waals surface area contributed by atoms with Crippen LogP contribution >= 0.6 is 46.4 Å². The summed E-state index contributed by atoms with van der Waals surface area (Å²) in [5.41, 5.74) is 2.28. The Morgan fingerprint density at radius 3 is 1.16 bits per heavy atom. The van der Waals surface area contributed by atoms with E-state index in [1.807, 2.05) is 9.44 Å². The first-order valence-electron chi connectivity index (χ1n) is 12.3. The largest absolute Gasteiger partial charge is 0.333 e. The number of nitrogens with one attached hydrogen (secondary N) is 4. The molecule has 16 heteroatoms. The summed E-state index contributed by atoms with van der Waals surface area (Å²) in [6.45, 7) is 3.58. The van der Waals surface area contributed by atoms with Crippen LogP contribution in [-0.4, -0.2) is 28.9 Å². The summed E-state index contributed by atoms with van der Waals surface area (Å²) in [6, 6.07) is 15.0. The Balaban J connectivity index is 1.50. The van der Waals surface area contributed by atoms with Crippen LogP contribution in [0.25, 0.3) is 11.1 Å². The lowest BCUT2D eigenvalue weighted by molar-refractivity contribution is 0.255. The van der Waals surface area contributed by atoms with E-state index >= 15 is 0 Å². The smallest absolute Gasteiger partial charge is 0.306 e. The van der Waals surface area contributed by atoms with E-state index in [9.17, 15) is 26.4 Å². The number of carbonyl (C=O) groups excluding carboxylic acids is 2. The molecular weight excluding hydrogens is 694 g/mol. The number of hydrogen-bond donors (Lipinski definition) is 4. The standard InChI is InChI=1S/C28H22Cl4N4O6S2/c1-15-3-7-17(8-4-15)43(39,40)35-27(37)33-25-13-21(29)19(11-23(25)31)20-12-24(32)26(14-22(20)30)34-28(38)36-44(41,42)18-9-5-16(2)6-10-18/h3-14H,1-2H3,(H2,33,35,37)(H2,34,36,38). The van der Waals surface area contributed by atoms with Crippen LogP contribution in [0.15, 0.2) is 82.6 Å². The summed E-state index contributed by atoms with van der Waals surface area (Å²) >= 11 is 25.6. The van der Waals surface area contributed by atoms with E-state index in [-0.39, 0.29) is 41.3 Å². The van der Waals surface area contributed by atoms with Crippen molar-refractivity contribution in [2.45, 2.75) is 23.6 Å². The normalized spacial score (nSPS) is 11.5. The summed E-state index contributed by atoms with van der Waals surface area (Å²) in [4.78, 5) is 24.7. The first-order chi connectivity index (χ1) is 20.6. The Hall–Kier alpha value is -3.52. The molecule has 0 heterocycles. The summed E-state index contributed by atoms with van der Waals surface area (Å²) in [6.07, 6.45) is 0. The minimum absolute atomic E-state index is 0.00369. The van der Waals surface area contributed by atoms with E-state index in [4.69, 9.17) is 46.4 Å². The number of halogens is 4. The monoisotopic (exact) mass is 714 g/mol. The highest BCUT2D eigenvalue weighted by atomic mass is 35.5. The van der Waals surface area contributed by atoms with Crippen molar-refractivity contribution in [3.8, 4) is 11.1 Å². The fraction of sp³-hybridized carbons (Fsp3) is 0.0714. The summed E-state index contributed by atoms with van der Waals surface area (Å²) in [5.74, 6) is 0. The Labute approximate surface area is 273 Å². The molecule has 0 unspecified atom stereocenters. The minimum Gasteiger partial charge on any atom is -0.306 e. The number of carbonyl (C=O) groups is 2. The molecule has 0 aliphatic rings. The maximum atomic E-state index is 12.5. The lowest BCUT2D eigenvalue weighted by Crippen LogP contribution is -2.34. The van der Waals surface area contributed by atoms with Crippen LogP contribution in [0.1, 0.15) is 11.1 Å². The number of hydrogen-bond acceptors (Lipinski definition) is 6. The zero-order valence-electron chi connectivity index (χ0n) is 22.7. The van der Waals surface area contributed by atoms with Gasteiger partial charge in [0.15, 0.2) is 0 Å². The van der Waals surface area contributed by atoms with Crippen LogP contribution in [0.4, 0.5) is 21.0 Å². The van der Waals surface area contributed by atoms with E-state index in [1.54, 1.807) is 38.1 Å². The molecule has 4 amide bonds. The second-order valence-corrected chi connectivity index (χ2v) is 14.4. The fourth-order valence-electron chi connectivity index (χ4n) is 3.79. The molecule has 0 saturated heterocycles. The highest BCUT2D eigenvalue weighted by Gasteiger charge is 2.22. The maximum absolute atomic E-state index is 12.5. The molecular formula is C28H22Cl4N4O6S2. The molecule has 230 valence electrons. The summed E-state index contributed by atoms with van der Waals surface area (Å²) < 4.78 is 53.9. The van der Waals surface area contributed by atoms with Crippen molar-refractivity contribution in [1.29, 1.82) is 0 Å². The van der Waals surface area contributed by atoms with Gasteiger partial charge in [-0.2, -0.15) is 0 Å². The van der Waals surface area contributed by atoms with Gasteiger partial charge < -0.3 is 10.6 Å². The van der Waals surface area contributed by atoms with Crippen LogP contribution in [-0.2, 0) is 20.0 Å². The van der Waals surface area contributed by atoms with Crippen LogP contribution in [0.2, 0.25) is 20.1 Å². The van der Waals surface area contributed by atoms with E-state index in [0.29, 0.717) is 11.1 Å². The molecule has 0 spiro atoms. The van der Waals surface area contributed by atoms with Gasteiger partial charge in [-0.05, 0) is 62.4 Å². The molecule has 4 N–H and O–H groups in total. The maximum Gasteiger partial charge on any atom is 0.333 e. The highest BCUT2D eigenvalue weighted by molar-refractivity contribution is 7.90. The average molecular weight is 716 g/mol. The van der Waals surface area contributed by atoms with Gasteiger partial charge in [-0.3, -0.25) is 0 Å². The lowest BCUT2D eigenvalue weighted by Gasteiger charge is -2.15. The van der Waals surface area contributed by atoms with Gasteiger partial charge in [0, 0.05) is 11.1 Å². The molecule has 4 aromatic rings. The summed E-state index contributed by atoms with van der Waals surface area (Å²) in [7, 11) is -8.32.